The van der Waals surface area contributed by atoms with E-state index in [-0.39, 0.29) is 0 Å². The smallest absolute Gasteiger partial charge is 0.0532 e. The normalized spacial score (nSPS) is 12.5. The molecule has 0 aliphatic heterocycles. The zero-order chi connectivity index (χ0) is 12.6. The fourth-order valence-electron chi connectivity index (χ4n) is 2.10. The van der Waals surface area contributed by atoms with Gasteiger partial charge < -0.3 is 5.32 Å². The standard InChI is InChI=1S/C15H21N3/c1-2-3-9-15(14-7-5-4-6-8-14)16-10-13-11-17-18-12-13/h4-8,11-12,15-16H,2-3,9-10H2,1H3,(H,17,18). The fourth-order valence-corrected chi connectivity index (χ4v) is 2.10. The molecule has 2 N–H and O–H groups in total. The molecule has 1 aromatic heterocycles. The van der Waals surface area contributed by atoms with Gasteiger partial charge in [-0.25, -0.2) is 0 Å². The number of H-pyrrole nitrogens is 1. The highest BCUT2D eigenvalue weighted by atomic mass is 15.1. The van der Waals surface area contributed by atoms with Crippen LogP contribution in [0.5, 0.6) is 0 Å². The summed E-state index contributed by atoms with van der Waals surface area (Å²) < 4.78 is 0. The average molecular weight is 243 g/mol. The number of nitrogens with zero attached hydrogens (tertiary/aromatic N) is 1. The summed E-state index contributed by atoms with van der Waals surface area (Å²) in [6.45, 7) is 3.10. The van der Waals surface area contributed by atoms with E-state index < -0.39 is 0 Å². The van der Waals surface area contributed by atoms with Gasteiger partial charge in [-0.3, -0.25) is 5.10 Å². The quantitative estimate of drug-likeness (QED) is 0.782. The lowest BCUT2D eigenvalue weighted by Crippen LogP contribution is -2.20. The van der Waals surface area contributed by atoms with E-state index in [0.29, 0.717) is 6.04 Å². The molecule has 3 heteroatoms. The van der Waals surface area contributed by atoms with Crippen molar-refractivity contribution in [2.45, 2.75) is 38.8 Å². The molecule has 1 unspecified atom stereocenters. The third kappa shape index (κ3) is 3.70. The summed E-state index contributed by atoms with van der Waals surface area (Å²) >= 11 is 0. The first-order chi connectivity index (χ1) is 8.90. The molecule has 0 fully saturated rings. The Labute approximate surface area is 109 Å². The summed E-state index contributed by atoms with van der Waals surface area (Å²) in [7, 11) is 0. The number of aromatic amines is 1. The lowest BCUT2D eigenvalue weighted by molar-refractivity contribution is 0.480. The molecule has 0 aliphatic carbocycles. The molecule has 1 aromatic carbocycles. The number of hydrogen-bond acceptors (Lipinski definition) is 2. The lowest BCUT2D eigenvalue weighted by atomic mass is 10.0. The minimum Gasteiger partial charge on any atom is -0.306 e. The van der Waals surface area contributed by atoms with Crippen LogP contribution in [0.2, 0.25) is 0 Å². The molecule has 0 bridgehead atoms. The van der Waals surface area contributed by atoms with Crippen molar-refractivity contribution in [3.05, 3.63) is 53.9 Å². The van der Waals surface area contributed by atoms with Crippen LogP contribution in [0.4, 0.5) is 0 Å². The van der Waals surface area contributed by atoms with Gasteiger partial charge in [0.25, 0.3) is 0 Å². The molecular weight excluding hydrogens is 222 g/mol. The zero-order valence-corrected chi connectivity index (χ0v) is 10.9. The fraction of sp³-hybridized carbons (Fsp3) is 0.400. The first-order valence-electron chi connectivity index (χ1n) is 6.66. The van der Waals surface area contributed by atoms with E-state index in [4.69, 9.17) is 0 Å². The van der Waals surface area contributed by atoms with Crippen LogP contribution in [-0.4, -0.2) is 10.2 Å². The van der Waals surface area contributed by atoms with Crippen molar-refractivity contribution in [2.24, 2.45) is 0 Å². The van der Waals surface area contributed by atoms with E-state index in [2.05, 4.69) is 52.8 Å². The predicted octanol–water partition coefficient (Wildman–Crippen LogP) is 3.43. The predicted molar refractivity (Wildman–Crippen MR) is 74.1 cm³/mol. The van der Waals surface area contributed by atoms with E-state index in [1.54, 1.807) is 0 Å². The second kappa shape index (κ2) is 6.97. The van der Waals surface area contributed by atoms with Gasteiger partial charge in [0.1, 0.15) is 0 Å². The van der Waals surface area contributed by atoms with Crippen molar-refractivity contribution < 1.29 is 0 Å². The monoisotopic (exact) mass is 243 g/mol. The minimum atomic E-state index is 0.432. The summed E-state index contributed by atoms with van der Waals surface area (Å²) in [5, 5.41) is 10.4. The largest absolute Gasteiger partial charge is 0.306 e. The van der Waals surface area contributed by atoms with Crippen LogP contribution in [0.1, 0.15) is 43.4 Å². The summed E-state index contributed by atoms with van der Waals surface area (Å²) in [5.41, 5.74) is 2.57. The Kier molecular flexibility index (Phi) is 4.97. The van der Waals surface area contributed by atoms with Gasteiger partial charge >= 0.3 is 0 Å². The van der Waals surface area contributed by atoms with E-state index in [1.165, 1.54) is 30.4 Å². The average Bonchev–Trinajstić information content (AvgIpc) is 2.93. The van der Waals surface area contributed by atoms with Crippen molar-refractivity contribution in [2.75, 3.05) is 0 Å². The van der Waals surface area contributed by atoms with E-state index in [1.807, 2.05) is 12.4 Å². The summed E-state index contributed by atoms with van der Waals surface area (Å²) in [5.74, 6) is 0. The molecule has 96 valence electrons. The number of unbranched alkanes of at least 4 members (excludes halogenated alkanes) is 1. The summed E-state index contributed by atoms with van der Waals surface area (Å²) in [6, 6.07) is 11.1. The van der Waals surface area contributed by atoms with Crippen LogP contribution in [0.25, 0.3) is 0 Å². The first-order valence-corrected chi connectivity index (χ1v) is 6.66. The van der Waals surface area contributed by atoms with Gasteiger partial charge in [0.15, 0.2) is 0 Å². The SMILES string of the molecule is CCCCC(NCc1cn[nH]c1)c1ccccc1. The van der Waals surface area contributed by atoms with Crippen molar-refractivity contribution in [3.63, 3.8) is 0 Å². The third-order valence-electron chi connectivity index (χ3n) is 3.16. The Morgan fingerprint density at radius 2 is 2.11 bits per heavy atom. The molecule has 1 heterocycles. The molecule has 0 aliphatic rings. The summed E-state index contributed by atoms with van der Waals surface area (Å²) in [4.78, 5) is 0. The Morgan fingerprint density at radius 3 is 2.78 bits per heavy atom. The van der Waals surface area contributed by atoms with Gasteiger partial charge in [0.05, 0.1) is 6.20 Å². The molecule has 18 heavy (non-hydrogen) atoms. The van der Waals surface area contributed by atoms with Gasteiger partial charge in [-0.1, -0.05) is 50.1 Å². The minimum absolute atomic E-state index is 0.432. The van der Waals surface area contributed by atoms with Crippen LogP contribution >= 0.6 is 0 Å². The molecule has 0 spiro atoms. The number of nitrogens with one attached hydrogen (secondary N) is 2. The summed E-state index contributed by atoms with van der Waals surface area (Å²) in [6.07, 6.45) is 7.47. The van der Waals surface area contributed by atoms with E-state index in [9.17, 15) is 0 Å². The maximum absolute atomic E-state index is 3.97. The Bertz CT molecular complexity index is 422. The molecule has 0 saturated heterocycles. The highest BCUT2D eigenvalue weighted by Gasteiger charge is 2.10. The first kappa shape index (κ1) is 12.8. The number of hydrogen-bond donors (Lipinski definition) is 2. The third-order valence-corrected chi connectivity index (χ3v) is 3.16. The highest BCUT2D eigenvalue weighted by molar-refractivity contribution is 5.19. The molecule has 0 saturated carbocycles. The van der Waals surface area contributed by atoms with Crippen molar-refractivity contribution in [3.8, 4) is 0 Å². The van der Waals surface area contributed by atoms with Gasteiger partial charge in [0, 0.05) is 24.3 Å². The molecule has 0 amide bonds. The van der Waals surface area contributed by atoms with Crippen molar-refractivity contribution >= 4 is 0 Å². The second-order valence-corrected chi connectivity index (χ2v) is 4.59. The van der Waals surface area contributed by atoms with Gasteiger partial charge in [-0.05, 0) is 12.0 Å². The zero-order valence-electron chi connectivity index (χ0n) is 10.9. The van der Waals surface area contributed by atoms with Gasteiger partial charge in [-0.2, -0.15) is 5.10 Å². The second-order valence-electron chi connectivity index (χ2n) is 4.59. The highest BCUT2D eigenvalue weighted by Crippen LogP contribution is 2.19. The molecule has 0 radical (unpaired) electrons. The molecule has 3 nitrogen and oxygen atoms in total. The van der Waals surface area contributed by atoms with Crippen LogP contribution in [0, 0.1) is 0 Å². The Morgan fingerprint density at radius 1 is 1.28 bits per heavy atom. The van der Waals surface area contributed by atoms with Crippen LogP contribution < -0.4 is 5.32 Å². The van der Waals surface area contributed by atoms with Gasteiger partial charge in [-0.15, -0.1) is 0 Å². The maximum Gasteiger partial charge on any atom is 0.0532 e. The van der Waals surface area contributed by atoms with E-state index in [0.717, 1.165) is 6.54 Å². The molecule has 1 atom stereocenters. The van der Waals surface area contributed by atoms with Crippen LogP contribution in [0.15, 0.2) is 42.7 Å². The van der Waals surface area contributed by atoms with Gasteiger partial charge in [0.2, 0.25) is 0 Å². The number of benzene rings is 1. The molecule has 2 aromatic rings. The van der Waals surface area contributed by atoms with E-state index >= 15 is 0 Å². The topological polar surface area (TPSA) is 40.7 Å². The van der Waals surface area contributed by atoms with Crippen molar-refractivity contribution in [1.29, 1.82) is 0 Å². The maximum atomic E-state index is 3.97. The Balaban J connectivity index is 1.96. The molecule has 2 rings (SSSR count). The van der Waals surface area contributed by atoms with Crippen molar-refractivity contribution in [1.82, 2.24) is 15.5 Å². The lowest BCUT2D eigenvalue weighted by Gasteiger charge is -2.18. The number of aromatic nitrogens is 2. The Hall–Kier alpha value is -1.61. The van der Waals surface area contributed by atoms with Crippen LogP contribution in [0.3, 0.4) is 0 Å². The molecular formula is C15H21N3. The number of rotatable bonds is 7. The van der Waals surface area contributed by atoms with Crippen LogP contribution in [-0.2, 0) is 6.54 Å².